The van der Waals surface area contributed by atoms with Crippen molar-refractivity contribution in [3.8, 4) is 11.1 Å². The van der Waals surface area contributed by atoms with Crippen LogP contribution in [0.1, 0.15) is 57.1 Å². The zero-order valence-electron chi connectivity index (χ0n) is 23.1. The molecule has 3 aliphatic rings. The first-order chi connectivity index (χ1) is 19.4. The van der Waals surface area contributed by atoms with Crippen molar-refractivity contribution in [2.45, 2.75) is 69.2 Å². The van der Waals surface area contributed by atoms with E-state index in [4.69, 9.17) is 9.47 Å². The summed E-state index contributed by atoms with van der Waals surface area (Å²) in [6.07, 6.45) is -1.83. The van der Waals surface area contributed by atoms with Gasteiger partial charge in [-0.3, -0.25) is 19.2 Å². The third kappa shape index (κ3) is 5.48. The number of carbonyl (C=O) groups is 5. The smallest absolute Gasteiger partial charge is 0.407 e. The van der Waals surface area contributed by atoms with E-state index >= 15 is 0 Å². The summed E-state index contributed by atoms with van der Waals surface area (Å²) in [6, 6.07) is 13.9. The average molecular weight is 564 g/mol. The lowest BCUT2D eigenvalue weighted by molar-refractivity contribution is -0.166. The van der Waals surface area contributed by atoms with Gasteiger partial charge in [0.1, 0.15) is 23.8 Å². The van der Waals surface area contributed by atoms with Crippen LogP contribution in [0.25, 0.3) is 11.1 Å². The highest BCUT2D eigenvalue weighted by molar-refractivity contribution is 6.03. The highest BCUT2D eigenvalue weighted by Crippen LogP contribution is 2.44. The number of ether oxygens (including phenoxy) is 2. The van der Waals surface area contributed by atoms with Gasteiger partial charge in [-0.25, -0.2) is 4.79 Å². The molecule has 0 saturated carbocycles. The molecule has 1 aliphatic carbocycles. The van der Waals surface area contributed by atoms with Gasteiger partial charge in [0.15, 0.2) is 0 Å². The van der Waals surface area contributed by atoms with Crippen LogP contribution in [-0.4, -0.2) is 76.2 Å². The van der Waals surface area contributed by atoms with Crippen LogP contribution in [0.4, 0.5) is 4.79 Å². The van der Waals surface area contributed by atoms with E-state index in [1.807, 2.05) is 48.5 Å². The van der Waals surface area contributed by atoms with Gasteiger partial charge in [-0.05, 0) is 43.0 Å². The van der Waals surface area contributed by atoms with Crippen LogP contribution < -0.4 is 10.6 Å². The summed E-state index contributed by atoms with van der Waals surface area (Å²) in [4.78, 5) is 64.9. The minimum Gasteiger partial charge on any atom is -0.481 e. The van der Waals surface area contributed by atoms with Gasteiger partial charge in [0.05, 0.1) is 18.9 Å². The summed E-state index contributed by atoms with van der Waals surface area (Å²) in [5, 5.41) is 14.4. The van der Waals surface area contributed by atoms with E-state index in [1.54, 1.807) is 20.8 Å². The molecule has 3 N–H and O–H groups in total. The van der Waals surface area contributed by atoms with E-state index in [0.717, 1.165) is 22.3 Å². The quantitative estimate of drug-likeness (QED) is 0.435. The number of hydrogen-bond acceptors (Lipinski definition) is 7. The number of carboxylic acid groups (broad SMARTS) is 1. The van der Waals surface area contributed by atoms with E-state index in [9.17, 15) is 29.1 Å². The predicted octanol–water partition coefficient (Wildman–Crippen LogP) is 2.57. The molecule has 41 heavy (non-hydrogen) atoms. The van der Waals surface area contributed by atoms with E-state index in [0.29, 0.717) is 0 Å². The summed E-state index contributed by atoms with van der Waals surface area (Å²) in [6.45, 7) is 5.05. The zero-order valence-corrected chi connectivity index (χ0v) is 23.1. The van der Waals surface area contributed by atoms with Gasteiger partial charge < -0.3 is 30.1 Å². The minimum atomic E-state index is -1.63. The van der Waals surface area contributed by atoms with Crippen molar-refractivity contribution in [3.05, 3.63) is 59.7 Å². The second-order valence-corrected chi connectivity index (χ2v) is 11.7. The molecule has 2 saturated heterocycles. The van der Waals surface area contributed by atoms with Crippen molar-refractivity contribution in [2.75, 3.05) is 13.2 Å². The number of fused-ring (bicyclic) bond motifs is 4. The zero-order chi connectivity index (χ0) is 29.5. The normalized spacial score (nSPS) is 23.2. The Morgan fingerprint density at radius 3 is 2.24 bits per heavy atom. The third-order valence-electron chi connectivity index (χ3n) is 7.70. The van der Waals surface area contributed by atoms with Crippen LogP contribution in [0.2, 0.25) is 0 Å². The molecule has 0 bridgehead atoms. The highest BCUT2D eigenvalue weighted by Gasteiger charge is 2.59. The molecule has 2 heterocycles. The molecule has 2 fully saturated rings. The Labute approximate surface area is 237 Å². The number of benzene rings is 2. The van der Waals surface area contributed by atoms with Gasteiger partial charge in [0, 0.05) is 18.9 Å². The molecule has 5 rings (SSSR count). The van der Waals surface area contributed by atoms with E-state index in [1.165, 1.54) is 4.90 Å². The maximum atomic E-state index is 13.4. The molecule has 2 aromatic carbocycles. The van der Waals surface area contributed by atoms with Gasteiger partial charge in [-0.15, -0.1) is 0 Å². The molecular weight excluding hydrogens is 530 g/mol. The Hall–Kier alpha value is -4.41. The monoisotopic (exact) mass is 563 g/mol. The molecule has 11 heteroatoms. The lowest BCUT2D eigenvalue weighted by Gasteiger charge is -2.43. The third-order valence-corrected chi connectivity index (χ3v) is 7.70. The molecule has 216 valence electrons. The first kappa shape index (κ1) is 28.1. The molecule has 2 aromatic rings. The Balaban J connectivity index is 1.30. The van der Waals surface area contributed by atoms with Gasteiger partial charge >= 0.3 is 18.0 Å². The largest absolute Gasteiger partial charge is 0.481 e. The number of piperazine rings is 1. The number of hydrogen-bond donors (Lipinski definition) is 3. The van der Waals surface area contributed by atoms with Crippen LogP contribution in [0.15, 0.2) is 48.5 Å². The summed E-state index contributed by atoms with van der Waals surface area (Å²) >= 11 is 0. The maximum Gasteiger partial charge on any atom is 0.407 e. The van der Waals surface area contributed by atoms with Gasteiger partial charge in [0.25, 0.3) is 0 Å². The van der Waals surface area contributed by atoms with Crippen molar-refractivity contribution in [1.82, 2.24) is 15.5 Å². The lowest BCUT2D eigenvalue weighted by atomic mass is 9.86. The molecule has 11 nitrogen and oxygen atoms in total. The SMILES string of the molecule is CC(C)(C)OC(=O)C[C@@]12C[C@H](NC(=O)OCC3c4ccccc4-c4ccccc43)CN1C(=O)[C@H](CC(=O)O)NC2=O. The van der Waals surface area contributed by atoms with Crippen molar-refractivity contribution in [1.29, 1.82) is 0 Å². The summed E-state index contributed by atoms with van der Waals surface area (Å²) in [7, 11) is 0. The van der Waals surface area contributed by atoms with Crippen molar-refractivity contribution in [3.63, 3.8) is 0 Å². The number of amides is 3. The van der Waals surface area contributed by atoms with E-state index in [2.05, 4.69) is 10.6 Å². The van der Waals surface area contributed by atoms with Crippen molar-refractivity contribution in [2.24, 2.45) is 0 Å². The fourth-order valence-electron chi connectivity index (χ4n) is 6.12. The molecule has 3 atom stereocenters. The first-order valence-electron chi connectivity index (χ1n) is 13.6. The molecule has 0 radical (unpaired) electrons. The van der Waals surface area contributed by atoms with Crippen molar-refractivity contribution < 1.29 is 38.6 Å². The number of carbonyl (C=O) groups excluding carboxylic acids is 4. The maximum absolute atomic E-state index is 13.4. The second-order valence-electron chi connectivity index (χ2n) is 11.7. The Morgan fingerprint density at radius 1 is 1.05 bits per heavy atom. The Bertz CT molecular complexity index is 1370. The topological polar surface area (TPSA) is 151 Å². The molecule has 0 aromatic heterocycles. The number of rotatable bonds is 7. The summed E-state index contributed by atoms with van der Waals surface area (Å²) in [5.41, 5.74) is 1.85. The fraction of sp³-hybridized carbons (Fsp3) is 0.433. The Morgan fingerprint density at radius 2 is 1.66 bits per heavy atom. The highest BCUT2D eigenvalue weighted by atomic mass is 16.6. The molecule has 0 unspecified atom stereocenters. The molecule has 2 aliphatic heterocycles. The van der Waals surface area contributed by atoms with Crippen LogP contribution in [0, 0.1) is 0 Å². The molecular formula is C30H33N3O8. The number of aliphatic carboxylic acids is 1. The van der Waals surface area contributed by atoms with Gasteiger partial charge in [-0.2, -0.15) is 0 Å². The van der Waals surface area contributed by atoms with Crippen LogP contribution in [-0.2, 0) is 28.7 Å². The van der Waals surface area contributed by atoms with E-state index in [-0.39, 0.29) is 25.5 Å². The van der Waals surface area contributed by atoms with E-state index < -0.39 is 65.9 Å². The van der Waals surface area contributed by atoms with Crippen molar-refractivity contribution >= 4 is 29.8 Å². The summed E-state index contributed by atoms with van der Waals surface area (Å²) < 4.78 is 11.1. The lowest BCUT2D eigenvalue weighted by Crippen LogP contribution is -2.69. The standard InChI is InChI=1S/C30H33N3O8/c1-29(2,3)41-25(36)14-30-13-17(15-33(30)26(37)23(12-24(34)35)32-27(30)38)31-28(39)40-16-22-20-10-6-4-8-18(20)19-9-5-7-11-21(19)22/h4-11,17,22-23H,12-16H2,1-3H3,(H,31,39)(H,32,38)(H,34,35)/t17-,23-,30+/m0/s1. The Kier molecular flexibility index (Phi) is 7.23. The number of esters is 1. The first-order valence-corrected chi connectivity index (χ1v) is 13.6. The predicted molar refractivity (Wildman–Crippen MR) is 146 cm³/mol. The second kappa shape index (κ2) is 10.5. The number of nitrogens with one attached hydrogen (secondary N) is 2. The molecule has 3 amide bonds. The number of nitrogens with zero attached hydrogens (tertiary/aromatic N) is 1. The van der Waals surface area contributed by atoms with Gasteiger partial charge in [0.2, 0.25) is 11.8 Å². The number of alkyl carbamates (subject to hydrolysis) is 1. The van der Waals surface area contributed by atoms with Crippen LogP contribution in [0.3, 0.4) is 0 Å². The minimum absolute atomic E-state index is 0.0617. The van der Waals surface area contributed by atoms with Crippen LogP contribution in [0.5, 0.6) is 0 Å². The summed E-state index contributed by atoms with van der Waals surface area (Å²) in [5.74, 6) is -3.39. The fourth-order valence-corrected chi connectivity index (χ4v) is 6.12. The number of carboxylic acids is 1. The van der Waals surface area contributed by atoms with Gasteiger partial charge in [-0.1, -0.05) is 48.5 Å². The average Bonchev–Trinajstić information content (AvgIpc) is 3.41. The van der Waals surface area contributed by atoms with Crippen LogP contribution >= 0.6 is 0 Å². The molecule has 0 spiro atoms.